The van der Waals surface area contributed by atoms with Crippen LogP contribution in [-0.2, 0) is 4.74 Å². The molecule has 0 unspecified atom stereocenters. The lowest BCUT2D eigenvalue weighted by Crippen LogP contribution is -2.11. The third-order valence-corrected chi connectivity index (χ3v) is 3.71. The van der Waals surface area contributed by atoms with E-state index in [0.717, 1.165) is 22.3 Å². The standard InChI is InChI=1S/C16H16N6O/c1-23-9-6-18-16-19-10-14-13(4-7-22(14)20-16)12-2-3-15-17-5-8-21(15)11-12/h2-5,7-8,10-11H,6,9H2,1H3,(H,18,20). The molecule has 0 aromatic carbocycles. The van der Waals surface area contributed by atoms with Crippen LogP contribution in [0.1, 0.15) is 0 Å². The van der Waals surface area contributed by atoms with Crippen molar-refractivity contribution in [2.75, 3.05) is 25.6 Å². The summed E-state index contributed by atoms with van der Waals surface area (Å²) in [6, 6.07) is 6.10. The van der Waals surface area contributed by atoms with Gasteiger partial charge in [-0.25, -0.2) is 14.5 Å². The summed E-state index contributed by atoms with van der Waals surface area (Å²) in [5, 5.41) is 7.59. The first-order valence-corrected chi connectivity index (χ1v) is 7.35. The van der Waals surface area contributed by atoms with Crippen molar-refractivity contribution in [3.8, 4) is 11.1 Å². The van der Waals surface area contributed by atoms with Crippen molar-refractivity contribution in [2.45, 2.75) is 0 Å². The zero-order valence-electron chi connectivity index (χ0n) is 12.7. The highest BCUT2D eigenvalue weighted by atomic mass is 16.5. The number of hydrogen-bond donors (Lipinski definition) is 1. The largest absolute Gasteiger partial charge is 0.383 e. The summed E-state index contributed by atoms with van der Waals surface area (Å²) in [6.45, 7) is 1.29. The van der Waals surface area contributed by atoms with Gasteiger partial charge in [-0.05, 0) is 18.2 Å². The first-order valence-electron chi connectivity index (χ1n) is 7.35. The van der Waals surface area contributed by atoms with E-state index in [1.54, 1.807) is 13.3 Å². The van der Waals surface area contributed by atoms with Crippen molar-refractivity contribution >= 4 is 17.1 Å². The monoisotopic (exact) mass is 308 g/mol. The molecule has 4 heterocycles. The summed E-state index contributed by atoms with van der Waals surface area (Å²) in [6.07, 6.45) is 9.55. The normalized spacial score (nSPS) is 11.3. The fourth-order valence-corrected chi connectivity index (χ4v) is 2.57. The molecular weight excluding hydrogens is 292 g/mol. The summed E-state index contributed by atoms with van der Waals surface area (Å²) in [4.78, 5) is 8.64. The average molecular weight is 308 g/mol. The SMILES string of the molecule is COCCNc1ncc2c(-c3ccc4nccn4c3)ccn2n1. The van der Waals surface area contributed by atoms with Crippen molar-refractivity contribution < 1.29 is 4.74 Å². The van der Waals surface area contributed by atoms with Gasteiger partial charge in [0.15, 0.2) is 0 Å². The molecule has 0 radical (unpaired) electrons. The van der Waals surface area contributed by atoms with Gasteiger partial charge < -0.3 is 14.5 Å². The van der Waals surface area contributed by atoms with Gasteiger partial charge in [0, 0.05) is 49.6 Å². The molecule has 0 aliphatic heterocycles. The molecule has 4 aromatic rings. The Morgan fingerprint density at radius 3 is 3.04 bits per heavy atom. The van der Waals surface area contributed by atoms with E-state index < -0.39 is 0 Å². The molecule has 7 heteroatoms. The van der Waals surface area contributed by atoms with Crippen LogP contribution in [0.2, 0.25) is 0 Å². The molecular formula is C16H16N6O. The topological polar surface area (TPSA) is 68.8 Å². The number of anilines is 1. The minimum Gasteiger partial charge on any atom is -0.383 e. The second-order valence-corrected chi connectivity index (χ2v) is 5.17. The van der Waals surface area contributed by atoms with Crippen LogP contribution in [-0.4, -0.2) is 44.2 Å². The predicted molar refractivity (Wildman–Crippen MR) is 87.5 cm³/mol. The molecule has 1 N–H and O–H groups in total. The zero-order valence-corrected chi connectivity index (χ0v) is 12.7. The van der Waals surface area contributed by atoms with E-state index in [1.165, 1.54) is 0 Å². The molecule has 0 spiro atoms. The third kappa shape index (κ3) is 2.51. The van der Waals surface area contributed by atoms with E-state index in [9.17, 15) is 0 Å². The van der Waals surface area contributed by atoms with E-state index in [4.69, 9.17) is 4.74 Å². The van der Waals surface area contributed by atoms with Crippen molar-refractivity contribution in [3.05, 3.63) is 49.2 Å². The molecule has 0 saturated carbocycles. The quantitative estimate of drug-likeness (QED) is 0.572. The second-order valence-electron chi connectivity index (χ2n) is 5.17. The number of nitrogens with zero attached hydrogens (tertiary/aromatic N) is 5. The van der Waals surface area contributed by atoms with E-state index in [1.807, 2.05) is 39.6 Å². The number of aromatic nitrogens is 5. The number of nitrogens with one attached hydrogen (secondary N) is 1. The number of fused-ring (bicyclic) bond motifs is 2. The van der Waals surface area contributed by atoms with E-state index in [-0.39, 0.29) is 0 Å². The van der Waals surface area contributed by atoms with Crippen LogP contribution in [0.25, 0.3) is 22.3 Å². The van der Waals surface area contributed by atoms with Crippen LogP contribution >= 0.6 is 0 Å². The molecule has 0 atom stereocenters. The number of hydrogen-bond acceptors (Lipinski definition) is 5. The molecule has 0 fully saturated rings. The summed E-state index contributed by atoms with van der Waals surface area (Å²) >= 11 is 0. The Morgan fingerprint density at radius 1 is 1.17 bits per heavy atom. The molecule has 0 aliphatic rings. The van der Waals surface area contributed by atoms with Crippen LogP contribution in [0.5, 0.6) is 0 Å². The van der Waals surface area contributed by atoms with E-state index >= 15 is 0 Å². The Bertz CT molecular complexity index is 957. The lowest BCUT2D eigenvalue weighted by atomic mass is 10.1. The van der Waals surface area contributed by atoms with Gasteiger partial charge in [-0.3, -0.25) is 0 Å². The molecule has 4 aromatic heterocycles. The summed E-state index contributed by atoms with van der Waals surface area (Å²) in [5.41, 5.74) is 4.07. The lowest BCUT2D eigenvalue weighted by molar-refractivity contribution is 0.210. The highest BCUT2D eigenvalue weighted by Crippen LogP contribution is 2.25. The zero-order chi connectivity index (χ0) is 15.6. The number of ether oxygens (including phenoxy) is 1. The summed E-state index contributed by atoms with van der Waals surface area (Å²) < 4.78 is 8.84. The van der Waals surface area contributed by atoms with Crippen molar-refractivity contribution in [1.29, 1.82) is 0 Å². The Hall–Kier alpha value is -2.93. The minimum absolute atomic E-state index is 0.585. The Morgan fingerprint density at radius 2 is 2.13 bits per heavy atom. The fourth-order valence-electron chi connectivity index (χ4n) is 2.57. The Balaban J connectivity index is 1.70. The molecule has 0 saturated heterocycles. The first kappa shape index (κ1) is 13.7. The fraction of sp³-hybridized carbons (Fsp3) is 0.188. The Labute approximate surface area is 132 Å². The van der Waals surface area contributed by atoms with Crippen LogP contribution in [0.15, 0.2) is 49.2 Å². The van der Waals surface area contributed by atoms with Gasteiger partial charge in [0.1, 0.15) is 5.65 Å². The van der Waals surface area contributed by atoms with Gasteiger partial charge in [0.25, 0.3) is 0 Å². The summed E-state index contributed by atoms with van der Waals surface area (Å²) in [7, 11) is 1.67. The van der Waals surface area contributed by atoms with E-state index in [0.29, 0.717) is 19.1 Å². The molecule has 0 aliphatic carbocycles. The maximum absolute atomic E-state index is 5.01. The smallest absolute Gasteiger partial charge is 0.241 e. The number of pyridine rings is 1. The lowest BCUT2D eigenvalue weighted by Gasteiger charge is -2.05. The van der Waals surface area contributed by atoms with Gasteiger partial charge in [-0.15, -0.1) is 5.10 Å². The number of rotatable bonds is 5. The first-order chi connectivity index (χ1) is 11.3. The second kappa shape index (κ2) is 5.69. The number of methoxy groups -OCH3 is 1. The molecule has 116 valence electrons. The van der Waals surface area contributed by atoms with Crippen LogP contribution in [0, 0.1) is 0 Å². The number of imidazole rings is 1. The van der Waals surface area contributed by atoms with Crippen molar-refractivity contribution in [2.24, 2.45) is 0 Å². The van der Waals surface area contributed by atoms with Gasteiger partial charge >= 0.3 is 0 Å². The van der Waals surface area contributed by atoms with Crippen LogP contribution in [0.4, 0.5) is 5.95 Å². The van der Waals surface area contributed by atoms with Gasteiger partial charge in [-0.2, -0.15) is 0 Å². The molecule has 0 bridgehead atoms. The van der Waals surface area contributed by atoms with Gasteiger partial charge in [0.05, 0.1) is 18.3 Å². The van der Waals surface area contributed by atoms with Crippen molar-refractivity contribution in [3.63, 3.8) is 0 Å². The maximum atomic E-state index is 5.01. The van der Waals surface area contributed by atoms with Gasteiger partial charge in [-0.1, -0.05) is 0 Å². The predicted octanol–water partition coefficient (Wildman–Crippen LogP) is 2.10. The van der Waals surface area contributed by atoms with Crippen LogP contribution < -0.4 is 5.32 Å². The molecule has 23 heavy (non-hydrogen) atoms. The Kier molecular flexibility index (Phi) is 3.39. The van der Waals surface area contributed by atoms with Crippen molar-refractivity contribution in [1.82, 2.24) is 24.0 Å². The highest BCUT2D eigenvalue weighted by Gasteiger charge is 2.08. The molecule has 0 amide bonds. The average Bonchev–Trinajstić information content (AvgIpc) is 3.20. The highest BCUT2D eigenvalue weighted by molar-refractivity contribution is 5.80. The maximum Gasteiger partial charge on any atom is 0.241 e. The van der Waals surface area contributed by atoms with E-state index in [2.05, 4.69) is 32.6 Å². The molecule has 4 rings (SSSR count). The molecule has 7 nitrogen and oxygen atoms in total. The third-order valence-electron chi connectivity index (χ3n) is 3.71. The summed E-state index contributed by atoms with van der Waals surface area (Å²) in [5.74, 6) is 0.585. The minimum atomic E-state index is 0.585. The van der Waals surface area contributed by atoms with Crippen LogP contribution in [0.3, 0.4) is 0 Å². The van der Waals surface area contributed by atoms with Gasteiger partial charge in [0.2, 0.25) is 5.95 Å².